The predicted molar refractivity (Wildman–Crippen MR) is 51.0 cm³/mol. The number of thiazole rings is 1. The Labute approximate surface area is 90.8 Å². The molecule has 0 amide bonds. The fourth-order valence-electron chi connectivity index (χ4n) is 1.03. The van der Waals surface area contributed by atoms with Crippen molar-refractivity contribution in [2.45, 2.75) is 6.18 Å². The molecule has 84 valence electrons. The quantitative estimate of drug-likeness (QED) is 0.837. The van der Waals surface area contributed by atoms with Crippen molar-refractivity contribution in [3.8, 4) is 10.6 Å². The first kappa shape index (κ1) is 10.8. The Morgan fingerprint density at radius 3 is 2.62 bits per heavy atom. The fraction of sp³-hybridized carbons (Fsp3) is 0.125. The first-order valence-electron chi connectivity index (χ1n) is 4.05. The van der Waals surface area contributed by atoms with E-state index in [2.05, 4.69) is 15.0 Å². The molecule has 0 atom stereocenters. The molecule has 0 aliphatic carbocycles. The number of aromatic amines is 1. The zero-order valence-electron chi connectivity index (χ0n) is 7.58. The molecular weight excluding hydrogens is 243 g/mol. The van der Waals surface area contributed by atoms with Crippen LogP contribution in [0.2, 0.25) is 0 Å². The van der Waals surface area contributed by atoms with E-state index in [9.17, 15) is 18.0 Å². The van der Waals surface area contributed by atoms with Gasteiger partial charge in [-0.2, -0.15) is 13.2 Å². The molecule has 0 bridgehead atoms. The average molecular weight is 247 g/mol. The Morgan fingerprint density at radius 1 is 1.31 bits per heavy atom. The Morgan fingerprint density at radius 2 is 2.06 bits per heavy atom. The molecule has 16 heavy (non-hydrogen) atoms. The second-order valence-electron chi connectivity index (χ2n) is 2.82. The maximum Gasteiger partial charge on any atom is 0.443 e. The smallest absolute Gasteiger partial charge is 0.313 e. The van der Waals surface area contributed by atoms with Gasteiger partial charge in [0.25, 0.3) is 5.56 Å². The molecule has 0 aliphatic rings. The van der Waals surface area contributed by atoms with Crippen LogP contribution < -0.4 is 5.56 Å². The SMILES string of the molecule is O=c1cc(-c2cnc(C(F)(F)F)s2)nc[nH]1. The van der Waals surface area contributed by atoms with Gasteiger partial charge in [-0.05, 0) is 0 Å². The third-order valence-electron chi connectivity index (χ3n) is 1.68. The lowest BCUT2D eigenvalue weighted by atomic mass is 10.4. The van der Waals surface area contributed by atoms with Crippen molar-refractivity contribution in [3.05, 3.63) is 34.0 Å². The van der Waals surface area contributed by atoms with Crippen LogP contribution in [0.5, 0.6) is 0 Å². The molecule has 2 aromatic heterocycles. The molecule has 8 heteroatoms. The van der Waals surface area contributed by atoms with Crippen LogP contribution in [0.15, 0.2) is 23.4 Å². The third-order valence-corrected chi connectivity index (χ3v) is 2.74. The van der Waals surface area contributed by atoms with Crippen molar-refractivity contribution in [1.82, 2.24) is 15.0 Å². The molecule has 0 unspecified atom stereocenters. The number of aromatic nitrogens is 3. The summed E-state index contributed by atoms with van der Waals surface area (Å²) >= 11 is 0.450. The standard InChI is InChI=1S/C8H4F3N3OS/c9-8(10,11)7-12-2-5(16-7)4-1-6(15)14-3-13-4/h1-3H,(H,13,14,15). The van der Waals surface area contributed by atoms with Gasteiger partial charge in [0, 0.05) is 12.3 Å². The number of hydrogen-bond acceptors (Lipinski definition) is 4. The molecule has 0 spiro atoms. The summed E-state index contributed by atoms with van der Waals surface area (Å²) in [4.78, 5) is 20.4. The van der Waals surface area contributed by atoms with Crippen LogP contribution in [-0.4, -0.2) is 15.0 Å². The lowest BCUT2D eigenvalue weighted by Gasteiger charge is -1.98. The minimum absolute atomic E-state index is 0.178. The zero-order chi connectivity index (χ0) is 11.8. The Hall–Kier alpha value is -1.70. The van der Waals surface area contributed by atoms with E-state index in [4.69, 9.17) is 0 Å². The molecule has 4 nitrogen and oxygen atoms in total. The monoisotopic (exact) mass is 247 g/mol. The van der Waals surface area contributed by atoms with Crippen LogP contribution in [0.25, 0.3) is 10.6 Å². The lowest BCUT2D eigenvalue weighted by Crippen LogP contribution is -2.04. The Balaban J connectivity index is 2.43. The molecular formula is C8H4F3N3OS. The van der Waals surface area contributed by atoms with Crippen LogP contribution in [0.3, 0.4) is 0 Å². The molecule has 0 saturated heterocycles. The van der Waals surface area contributed by atoms with Gasteiger partial charge < -0.3 is 4.98 Å². The average Bonchev–Trinajstić information content (AvgIpc) is 2.65. The number of halogens is 3. The fourth-order valence-corrected chi connectivity index (χ4v) is 1.78. The topological polar surface area (TPSA) is 58.6 Å². The highest BCUT2D eigenvalue weighted by Gasteiger charge is 2.34. The molecule has 0 saturated carbocycles. The minimum atomic E-state index is -4.47. The number of nitrogens with zero attached hydrogens (tertiary/aromatic N) is 2. The third kappa shape index (κ3) is 2.11. The van der Waals surface area contributed by atoms with E-state index in [0.29, 0.717) is 11.3 Å². The van der Waals surface area contributed by atoms with Crippen LogP contribution in [0.4, 0.5) is 13.2 Å². The predicted octanol–water partition coefficient (Wildman–Crippen LogP) is 1.91. The largest absolute Gasteiger partial charge is 0.443 e. The van der Waals surface area contributed by atoms with Crippen molar-refractivity contribution in [3.63, 3.8) is 0 Å². The summed E-state index contributed by atoms with van der Waals surface area (Å²) in [5, 5.41) is -0.954. The van der Waals surface area contributed by atoms with Crippen LogP contribution in [-0.2, 0) is 6.18 Å². The summed E-state index contributed by atoms with van der Waals surface area (Å²) in [5.41, 5.74) is -0.247. The second kappa shape index (κ2) is 3.71. The van der Waals surface area contributed by atoms with Crippen LogP contribution in [0, 0.1) is 0 Å². The summed E-state index contributed by atoms with van der Waals surface area (Å²) < 4.78 is 36.8. The normalized spacial score (nSPS) is 11.7. The van der Waals surface area contributed by atoms with E-state index in [1.54, 1.807) is 0 Å². The lowest BCUT2D eigenvalue weighted by molar-refractivity contribution is -0.137. The number of H-pyrrole nitrogens is 1. The van der Waals surface area contributed by atoms with Gasteiger partial charge in [0.2, 0.25) is 0 Å². The van der Waals surface area contributed by atoms with Crippen molar-refractivity contribution in [2.24, 2.45) is 0 Å². The van der Waals surface area contributed by atoms with Crippen LogP contribution >= 0.6 is 11.3 Å². The summed E-state index contributed by atoms with van der Waals surface area (Å²) in [5.74, 6) is 0. The van der Waals surface area contributed by atoms with Gasteiger partial charge in [-0.25, -0.2) is 9.97 Å². The van der Waals surface area contributed by atoms with Gasteiger partial charge in [-0.1, -0.05) is 0 Å². The molecule has 2 aromatic rings. The van der Waals surface area contributed by atoms with Gasteiger partial charge >= 0.3 is 6.18 Å². The highest BCUT2D eigenvalue weighted by atomic mass is 32.1. The van der Waals surface area contributed by atoms with E-state index in [1.807, 2.05) is 0 Å². The van der Waals surface area contributed by atoms with Crippen molar-refractivity contribution >= 4 is 11.3 Å². The van der Waals surface area contributed by atoms with E-state index >= 15 is 0 Å². The van der Waals surface area contributed by atoms with Crippen molar-refractivity contribution in [1.29, 1.82) is 0 Å². The summed E-state index contributed by atoms with van der Waals surface area (Å²) in [7, 11) is 0. The molecule has 0 aromatic carbocycles. The van der Waals surface area contributed by atoms with Crippen molar-refractivity contribution < 1.29 is 13.2 Å². The Kier molecular flexibility index (Phi) is 2.50. The second-order valence-corrected chi connectivity index (χ2v) is 3.85. The summed E-state index contributed by atoms with van der Waals surface area (Å²) in [6.07, 6.45) is -2.29. The summed E-state index contributed by atoms with van der Waals surface area (Å²) in [6.45, 7) is 0. The molecule has 0 aliphatic heterocycles. The van der Waals surface area contributed by atoms with Gasteiger partial charge in [0.15, 0.2) is 5.01 Å². The molecule has 2 rings (SSSR count). The van der Waals surface area contributed by atoms with Gasteiger partial charge in [-0.15, -0.1) is 11.3 Å². The van der Waals surface area contributed by atoms with Gasteiger partial charge in [-0.3, -0.25) is 4.79 Å². The number of alkyl halides is 3. The first-order valence-corrected chi connectivity index (χ1v) is 4.86. The van der Waals surface area contributed by atoms with E-state index < -0.39 is 16.7 Å². The molecule has 0 radical (unpaired) electrons. The van der Waals surface area contributed by atoms with Crippen molar-refractivity contribution in [2.75, 3.05) is 0 Å². The van der Waals surface area contributed by atoms with Gasteiger partial charge in [0.05, 0.1) is 16.9 Å². The molecule has 0 fully saturated rings. The van der Waals surface area contributed by atoms with E-state index in [0.717, 1.165) is 18.6 Å². The van der Waals surface area contributed by atoms with Gasteiger partial charge in [0.1, 0.15) is 0 Å². The van der Waals surface area contributed by atoms with Crippen LogP contribution in [0.1, 0.15) is 5.01 Å². The highest BCUT2D eigenvalue weighted by molar-refractivity contribution is 7.15. The first-order chi connectivity index (χ1) is 7.47. The summed E-state index contributed by atoms with van der Waals surface area (Å²) in [6, 6.07) is 1.12. The Bertz CT molecular complexity index is 560. The number of rotatable bonds is 1. The molecule has 1 N–H and O–H groups in total. The maximum absolute atomic E-state index is 12.3. The maximum atomic E-state index is 12.3. The minimum Gasteiger partial charge on any atom is -0.313 e. The number of nitrogens with one attached hydrogen (secondary N) is 1. The zero-order valence-corrected chi connectivity index (χ0v) is 8.39. The highest BCUT2D eigenvalue weighted by Crippen LogP contribution is 2.35. The van der Waals surface area contributed by atoms with E-state index in [-0.39, 0.29) is 10.6 Å². The number of hydrogen-bond donors (Lipinski definition) is 1. The van der Waals surface area contributed by atoms with E-state index in [1.165, 1.54) is 0 Å². The molecule has 2 heterocycles.